The number of hydrogen-bond acceptors (Lipinski definition) is 3. The first-order chi connectivity index (χ1) is 28.2. The van der Waals surface area contributed by atoms with E-state index >= 15 is 0 Å². The van der Waals surface area contributed by atoms with E-state index in [0.29, 0.717) is 29.7 Å². The van der Waals surface area contributed by atoms with Gasteiger partial charge in [0.1, 0.15) is 23.0 Å². The maximum Gasteiger partial charge on any atom is 0.135 e. The molecule has 0 bridgehead atoms. The standard InChI is InChI=1S/C54H53NO2/c1-2-8-36(9-3-1)37-14-16-38(17-15-37)39-18-26-44(27-19-39)55(45-28-20-40(21-29-45)42-24-32-49-47-10-4-6-12-51(47)56-53(49)34-42)46-30-22-41(23-31-46)43-25-33-50-48-11-5-7-13-52(48)57-54(50)35-43/h2,4-8,10-14,16,18,20,24-26,28-29,32-36,40-41,46,49,53H,1,3,9,15,17,19,21-23,27,30-31H2. The predicted molar refractivity (Wildman–Crippen MR) is 234 cm³/mol. The van der Waals surface area contributed by atoms with Gasteiger partial charge < -0.3 is 14.1 Å². The normalized spacial score (nSPS) is 28.1. The van der Waals surface area contributed by atoms with Crippen LogP contribution < -0.4 is 4.74 Å². The molecule has 0 amide bonds. The van der Waals surface area contributed by atoms with Crippen molar-refractivity contribution >= 4 is 21.9 Å². The number of fused-ring (bicyclic) bond motifs is 6. The van der Waals surface area contributed by atoms with Crippen molar-refractivity contribution in [3.63, 3.8) is 0 Å². The Kier molecular flexibility index (Phi) is 9.13. The maximum absolute atomic E-state index is 6.41. The molecule has 3 nitrogen and oxygen atoms in total. The smallest absolute Gasteiger partial charge is 0.135 e. The highest BCUT2D eigenvalue weighted by molar-refractivity contribution is 6.04. The molecule has 4 unspecified atom stereocenters. The Morgan fingerprint density at radius 1 is 0.667 bits per heavy atom. The first kappa shape index (κ1) is 34.9. The zero-order valence-corrected chi connectivity index (χ0v) is 33.0. The molecule has 1 aromatic heterocycles. The monoisotopic (exact) mass is 747 g/mol. The summed E-state index contributed by atoms with van der Waals surface area (Å²) >= 11 is 0. The second kappa shape index (κ2) is 14.9. The first-order valence-electron chi connectivity index (χ1n) is 21.9. The molecule has 4 aromatic rings. The molecule has 0 saturated heterocycles. The zero-order chi connectivity index (χ0) is 37.7. The molecule has 2 heterocycles. The van der Waals surface area contributed by atoms with Crippen LogP contribution in [0.2, 0.25) is 0 Å². The number of hydrogen-bond donors (Lipinski definition) is 0. The lowest BCUT2D eigenvalue weighted by molar-refractivity contribution is 0.227. The van der Waals surface area contributed by atoms with E-state index in [9.17, 15) is 0 Å². The van der Waals surface area contributed by atoms with Crippen molar-refractivity contribution in [2.75, 3.05) is 0 Å². The summed E-state index contributed by atoms with van der Waals surface area (Å²) in [4.78, 5) is 2.76. The van der Waals surface area contributed by atoms with E-state index in [0.717, 1.165) is 36.2 Å². The third-order valence-electron chi connectivity index (χ3n) is 14.2. The largest absolute Gasteiger partial charge is 0.485 e. The molecule has 7 aliphatic rings. The van der Waals surface area contributed by atoms with Gasteiger partial charge in [-0.15, -0.1) is 0 Å². The average Bonchev–Trinajstić information content (AvgIpc) is 3.85. The van der Waals surface area contributed by atoms with Gasteiger partial charge in [-0.05, 0) is 148 Å². The molecule has 57 heavy (non-hydrogen) atoms. The summed E-state index contributed by atoms with van der Waals surface area (Å²) in [5.41, 5.74) is 13.7. The summed E-state index contributed by atoms with van der Waals surface area (Å²) in [6.45, 7) is 0. The van der Waals surface area contributed by atoms with E-state index in [-0.39, 0.29) is 6.10 Å². The molecule has 6 aliphatic carbocycles. The molecule has 11 rings (SSSR count). The number of nitrogens with zero attached hydrogens (tertiary/aromatic N) is 1. The fourth-order valence-electron chi connectivity index (χ4n) is 11.1. The van der Waals surface area contributed by atoms with Crippen molar-refractivity contribution in [2.24, 2.45) is 11.8 Å². The molecule has 3 heteroatoms. The third-order valence-corrected chi connectivity index (χ3v) is 14.2. The van der Waals surface area contributed by atoms with E-state index in [4.69, 9.17) is 9.15 Å². The summed E-state index contributed by atoms with van der Waals surface area (Å²) in [5.74, 6) is 2.95. The lowest BCUT2D eigenvalue weighted by Gasteiger charge is -2.42. The van der Waals surface area contributed by atoms with Gasteiger partial charge in [0.2, 0.25) is 0 Å². The zero-order valence-electron chi connectivity index (χ0n) is 33.0. The van der Waals surface area contributed by atoms with Crippen LogP contribution in [0.25, 0.3) is 21.9 Å². The van der Waals surface area contributed by atoms with Gasteiger partial charge in [-0.3, -0.25) is 0 Å². The number of ether oxygens (including phenoxy) is 1. The minimum atomic E-state index is 0.0965. The van der Waals surface area contributed by atoms with Crippen LogP contribution in [0.4, 0.5) is 0 Å². The van der Waals surface area contributed by atoms with Gasteiger partial charge in [-0.1, -0.05) is 109 Å². The molecular formula is C54H53NO2. The highest BCUT2D eigenvalue weighted by Crippen LogP contribution is 2.45. The SMILES string of the molecule is C1=CC(C2=CC=C(C3=CC=C(N(C4=CCC(C5=CC6Oc7ccccc7C6C=C5)C=C4)C4CCC(c5ccc6c(c5)oc5ccccc56)CC4)CC3)CC2)CCC1. The van der Waals surface area contributed by atoms with Crippen molar-refractivity contribution in [2.45, 2.75) is 101 Å². The highest BCUT2D eigenvalue weighted by Gasteiger charge is 2.35. The molecule has 1 aliphatic heterocycles. The van der Waals surface area contributed by atoms with Gasteiger partial charge in [-0.25, -0.2) is 0 Å². The topological polar surface area (TPSA) is 25.6 Å². The minimum Gasteiger partial charge on any atom is -0.485 e. The van der Waals surface area contributed by atoms with Crippen molar-refractivity contribution in [3.8, 4) is 5.75 Å². The number of rotatable bonds is 7. The van der Waals surface area contributed by atoms with E-state index in [1.54, 1.807) is 11.1 Å². The molecule has 1 saturated carbocycles. The van der Waals surface area contributed by atoms with Crippen molar-refractivity contribution in [1.29, 1.82) is 0 Å². The summed E-state index contributed by atoms with van der Waals surface area (Å²) in [6, 6.07) is 24.4. The van der Waals surface area contributed by atoms with Gasteiger partial charge in [-0.2, -0.15) is 0 Å². The van der Waals surface area contributed by atoms with Crippen LogP contribution >= 0.6 is 0 Å². The van der Waals surface area contributed by atoms with Gasteiger partial charge in [0.15, 0.2) is 0 Å². The summed E-state index contributed by atoms with van der Waals surface area (Å²) in [6.07, 6.45) is 43.7. The fourth-order valence-corrected chi connectivity index (χ4v) is 11.1. The van der Waals surface area contributed by atoms with Gasteiger partial charge in [0.25, 0.3) is 0 Å². The van der Waals surface area contributed by atoms with Crippen LogP contribution in [0.3, 0.4) is 0 Å². The maximum atomic E-state index is 6.41. The van der Waals surface area contributed by atoms with Crippen LogP contribution in [0, 0.1) is 11.8 Å². The van der Waals surface area contributed by atoms with Crippen molar-refractivity contribution in [3.05, 3.63) is 184 Å². The fraction of sp³-hybridized carbons (Fsp3) is 0.333. The highest BCUT2D eigenvalue weighted by atomic mass is 16.5. The number of para-hydroxylation sites is 2. The molecule has 3 aromatic carbocycles. The number of benzene rings is 3. The Labute approximate surface area is 337 Å². The van der Waals surface area contributed by atoms with Crippen LogP contribution in [-0.4, -0.2) is 17.0 Å². The van der Waals surface area contributed by atoms with Crippen molar-refractivity contribution in [1.82, 2.24) is 4.90 Å². The van der Waals surface area contributed by atoms with Gasteiger partial charge in [0.05, 0.1) is 0 Å². The Hall–Kier alpha value is -5.28. The summed E-state index contributed by atoms with van der Waals surface area (Å²) in [5, 5.41) is 2.44. The summed E-state index contributed by atoms with van der Waals surface area (Å²) in [7, 11) is 0. The van der Waals surface area contributed by atoms with E-state index in [1.807, 2.05) is 0 Å². The number of furan rings is 1. The third kappa shape index (κ3) is 6.63. The quantitative estimate of drug-likeness (QED) is 0.176. The molecule has 0 N–H and O–H groups in total. The van der Waals surface area contributed by atoms with E-state index in [2.05, 4.69) is 145 Å². The van der Waals surface area contributed by atoms with Gasteiger partial charge >= 0.3 is 0 Å². The predicted octanol–water partition coefficient (Wildman–Crippen LogP) is 14.0. The Morgan fingerprint density at radius 3 is 2.32 bits per heavy atom. The van der Waals surface area contributed by atoms with Crippen molar-refractivity contribution < 1.29 is 9.15 Å². The van der Waals surface area contributed by atoms with E-state index < -0.39 is 0 Å². The first-order valence-corrected chi connectivity index (χ1v) is 21.9. The van der Waals surface area contributed by atoms with E-state index in [1.165, 1.54) is 102 Å². The lowest BCUT2D eigenvalue weighted by atomic mass is 9.79. The molecule has 0 spiro atoms. The second-order valence-electron chi connectivity index (χ2n) is 17.5. The minimum absolute atomic E-state index is 0.0965. The molecule has 0 radical (unpaired) electrons. The molecule has 286 valence electrons. The van der Waals surface area contributed by atoms with Gasteiger partial charge in [0, 0.05) is 45.6 Å². The Morgan fingerprint density at radius 2 is 1.51 bits per heavy atom. The Balaban J connectivity index is 0.833. The summed E-state index contributed by atoms with van der Waals surface area (Å²) < 4.78 is 12.7. The van der Waals surface area contributed by atoms with Crippen LogP contribution in [0.5, 0.6) is 5.75 Å². The van der Waals surface area contributed by atoms with Crippen LogP contribution in [-0.2, 0) is 0 Å². The molecule has 1 fully saturated rings. The lowest BCUT2D eigenvalue weighted by Crippen LogP contribution is -2.37. The van der Waals surface area contributed by atoms with Crippen LogP contribution in [0.15, 0.2) is 178 Å². The van der Waals surface area contributed by atoms with Crippen LogP contribution in [0.1, 0.15) is 100 Å². The molecule has 4 atom stereocenters. The average molecular weight is 748 g/mol. The second-order valence-corrected chi connectivity index (χ2v) is 17.5. The number of allylic oxidation sites excluding steroid dienone is 15. The Bertz CT molecular complexity index is 2500. The molecular weight excluding hydrogens is 695 g/mol.